The van der Waals surface area contributed by atoms with E-state index in [-0.39, 0.29) is 60.2 Å². The van der Waals surface area contributed by atoms with Crippen LogP contribution in [0.5, 0.6) is 0 Å². The van der Waals surface area contributed by atoms with Crippen LogP contribution in [0.15, 0.2) is 18.9 Å². The summed E-state index contributed by atoms with van der Waals surface area (Å²) in [4.78, 5) is 47.0. The number of amides is 2. The monoisotopic (exact) mass is 543 g/mol. The van der Waals surface area contributed by atoms with E-state index < -0.39 is 35.2 Å². The topological polar surface area (TPSA) is 180 Å². The van der Waals surface area contributed by atoms with Crippen LogP contribution in [0, 0.1) is 34.0 Å². The summed E-state index contributed by atoms with van der Waals surface area (Å²) in [6.45, 7) is 11.9. The molecule has 0 saturated heterocycles. The lowest BCUT2D eigenvalue weighted by Crippen LogP contribution is -2.63. The Bertz CT molecular complexity index is 1160. The number of nitrogens with two attached hydrogens (primary N) is 2. The average molecular weight is 544 g/mol. The number of aliphatic hydroxyl groups excluding tert-OH is 1. The van der Waals surface area contributed by atoms with Crippen LogP contribution >= 0.6 is 0 Å². The molecule has 1 aromatic rings. The Balaban J connectivity index is 1.55. The van der Waals surface area contributed by atoms with E-state index in [2.05, 4.69) is 28.8 Å². The highest BCUT2D eigenvalue weighted by atomic mass is 16.6. The van der Waals surface area contributed by atoms with Crippen molar-refractivity contribution in [2.24, 2.45) is 39.7 Å². The molecular weight excluding hydrogens is 502 g/mol. The number of Topliss-reactive ketones (excluding diaryl/α,β-unsaturated/α-hetero) is 1. The Labute approximate surface area is 229 Å². The van der Waals surface area contributed by atoms with E-state index in [1.165, 1.54) is 6.20 Å². The number of carbonyl (C=O) groups excluding carboxylic acids is 3. The van der Waals surface area contributed by atoms with Gasteiger partial charge in [-0.2, -0.15) is 0 Å². The number of carbonyl (C=O) groups is 3. The average Bonchev–Trinajstić information content (AvgIpc) is 3.26. The van der Waals surface area contributed by atoms with Crippen LogP contribution in [0.1, 0.15) is 71.2 Å². The number of nitrogens with zero attached hydrogens (tertiary/aromatic N) is 2. The Morgan fingerprint density at radius 2 is 2.00 bits per heavy atom. The number of aromatic nitrogens is 2. The molecule has 1 heterocycles. The number of alkyl carbamates (subject to hydrolysis) is 2. The lowest BCUT2D eigenvalue weighted by molar-refractivity contribution is -0.191. The van der Waals surface area contributed by atoms with Crippen molar-refractivity contribution in [3.05, 3.63) is 30.2 Å². The first-order valence-electron chi connectivity index (χ1n) is 13.6. The number of anilines is 1. The molecule has 6 N–H and O–H groups in total. The van der Waals surface area contributed by atoms with Crippen LogP contribution in [-0.2, 0) is 27.4 Å². The van der Waals surface area contributed by atoms with Gasteiger partial charge >= 0.3 is 12.2 Å². The fourth-order valence-corrected chi connectivity index (χ4v) is 7.59. The molecule has 11 heteroatoms. The molecule has 0 spiro atoms. The fourth-order valence-electron chi connectivity index (χ4n) is 7.59. The molecule has 3 aliphatic rings. The van der Waals surface area contributed by atoms with E-state index >= 15 is 0 Å². The third-order valence-corrected chi connectivity index (χ3v) is 10.3. The molecule has 39 heavy (non-hydrogen) atoms. The van der Waals surface area contributed by atoms with Gasteiger partial charge in [-0.3, -0.25) is 4.79 Å². The number of ketones is 1. The predicted octanol–water partition coefficient (Wildman–Crippen LogP) is 3.24. The van der Waals surface area contributed by atoms with Crippen molar-refractivity contribution >= 4 is 23.8 Å². The van der Waals surface area contributed by atoms with Crippen molar-refractivity contribution in [3.63, 3.8) is 0 Å². The standard InChI is InChI=1S/C28H41N5O6/c1-6-26(4)11-19(39-25(37)33-24(36)38-14-20-31-13-17(12-29)23(30)32-20)27(5)15(2)7-9-28(16(3)22(26)35)10-8-18(34)21(27)28/h6,13,15-16,19,21-22,35H,1,7-12,14,29H2,2-5H3,(H2,30,31,32)(H,33,36,37)/t15?,16-,19+,21-,22-,26+,27+,28-/m0/s1. The summed E-state index contributed by atoms with van der Waals surface area (Å²) in [5.41, 5.74) is 10.1. The minimum absolute atomic E-state index is 0.0676. The zero-order valence-electron chi connectivity index (χ0n) is 23.2. The second kappa shape index (κ2) is 10.5. The number of nitrogens with one attached hydrogen (secondary N) is 1. The Kier molecular flexibility index (Phi) is 7.79. The molecule has 3 fully saturated rings. The van der Waals surface area contributed by atoms with Crippen molar-refractivity contribution in [3.8, 4) is 0 Å². The first-order chi connectivity index (χ1) is 18.3. The van der Waals surface area contributed by atoms with E-state index in [1.54, 1.807) is 6.08 Å². The first-order valence-corrected chi connectivity index (χ1v) is 13.6. The summed E-state index contributed by atoms with van der Waals surface area (Å²) in [6.07, 6.45) is 2.67. The number of imide groups is 1. The van der Waals surface area contributed by atoms with Crippen molar-refractivity contribution in [2.75, 3.05) is 5.73 Å². The van der Waals surface area contributed by atoms with Gasteiger partial charge < -0.3 is 26.0 Å². The summed E-state index contributed by atoms with van der Waals surface area (Å²) in [5, 5.41) is 13.7. The van der Waals surface area contributed by atoms with Crippen LogP contribution in [0.4, 0.5) is 15.4 Å². The summed E-state index contributed by atoms with van der Waals surface area (Å²) >= 11 is 0. The number of hydrogen-bond donors (Lipinski definition) is 4. The minimum atomic E-state index is -1.04. The van der Waals surface area contributed by atoms with Gasteiger partial charge in [0.1, 0.15) is 17.7 Å². The summed E-state index contributed by atoms with van der Waals surface area (Å²) in [5.74, 6) is 0.0547. The normalized spacial score (nSPS) is 37.7. The Hall–Kier alpha value is -3.05. The van der Waals surface area contributed by atoms with Gasteiger partial charge in [-0.1, -0.05) is 33.8 Å². The molecule has 214 valence electrons. The lowest BCUT2D eigenvalue weighted by Gasteiger charge is -2.61. The smallest absolute Gasteiger partial charge is 0.417 e. The Morgan fingerprint density at radius 3 is 2.64 bits per heavy atom. The van der Waals surface area contributed by atoms with Gasteiger partial charge in [-0.15, -0.1) is 6.58 Å². The molecule has 1 aromatic heterocycles. The summed E-state index contributed by atoms with van der Waals surface area (Å²) in [7, 11) is 0. The van der Waals surface area contributed by atoms with Crippen LogP contribution in [0.3, 0.4) is 0 Å². The van der Waals surface area contributed by atoms with Crippen molar-refractivity contribution in [2.45, 2.75) is 85.2 Å². The third kappa shape index (κ3) is 4.80. The zero-order valence-corrected chi connectivity index (χ0v) is 23.2. The van der Waals surface area contributed by atoms with Gasteiger partial charge in [0.25, 0.3) is 0 Å². The quantitative estimate of drug-likeness (QED) is 0.403. The van der Waals surface area contributed by atoms with Gasteiger partial charge in [0.15, 0.2) is 12.4 Å². The maximum Gasteiger partial charge on any atom is 0.417 e. The van der Waals surface area contributed by atoms with Crippen LogP contribution in [0.25, 0.3) is 0 Å². The number of aliphatic hydroxyl groups is 1. The van der Waals surface area contributed by atoms with E-state index in [0.717, 1.165) is 12.8 Å². The summed E-state index contributed by atoms with van der Waals surface area (Å²) in [6, 6.07) is 0. The molecule has 4 rings (SSSR count). The minimum Gasteiger partial charge on any atom is -0.445 e. The molecule has 2 bridgehead atoms. The largest absolute Gasteiger partial charge is 0.445 e. The van der Waals surface area contributed by atoms with E-state index in [1.807, 2.05) is 20.8 Å². The van der Waals surface area contributed by atoms with Crippen LogP contribution in [-0.4, -0.2) is 45.3 Å². The zero-order chi connectivity index (χ0) is 28.8. The van der Waals surface area contributed by atoms with E-state index in [4.69, 9.17) is 20.9 Å². The van der Waals surface area contributed by atoms with Gasteiger partial charge in [-0.25, -0.2) is 24.9 Å². The molecule has 8 atom stereocenters. The molecule has 0 aliphatic heterocycles. The molecule has 0 radical (unpaired) electrons. The van der Waals surface area contributed by atoms with Crippen LogP contribution < -0.4 is 16.8 Å². The molecule has 3 aliphatic carbocycles. The number of rotatable bonds is 5. The van der Waals surface area contributed by atoms with Gasteiger partial charge in [0.05, 0.1) is 6.10 Å². The molecule has 2 amide bonds. The number of nitrogen functional groups attached to an aromatic ring is 1. The fraction of sp³-hybridized carbons (Fsp3) is 0.679. The lowest BCUT2D eigenvalue weighted by atomic mass is 9.44. The second-order valence-electron chi connectivity index (χ2n) is 12.1. The highest BCUT2D eigenvalue weighted by Crippen LogP contribution is 2.67. The second-order valence-corrected chi connectivity index (χ2v) is 12.1. The van der Waals surface area contributed by atoms with E-state index in [0.29, 0.717) is 18.4 Å². The molecule has 11 nitrogen and oxygen atoms in total. The molecule has 1 unspecified atom stereocenters. The maximum absolute atomic E-state index is 13.4. The highest BCUT2D eigenvalue weighted by Gasteiger charge is 2.68. The van der Waals surface area contributed by atoms with E-state index in [9.17, 15) is 19.5 Å². The highest BCUT2D eigenvalue weighted by molar-refractivity contribution is 5.88. The first kappa shape index (κ1) is 28.9. The van der Waals surface area contributed by atoms with Crippen molar-refractivity contribution in [1.82, 2.24) is 15.3 Å². The van der Waals surface area contributed by atoms with Gasteiger partial charge in [-0.05, 0) is 42.9 Å². The summed E-state index contributed by atoms with van der Waals surface area (Å²) < 4.78 is 11.1. The van der Waals surface area contributed by atoms with Crippen molar-refractivity contribution < 1.29 is 29.0 Å². The van der Waals surface area contributed by atoms with Gasteiger partial charge in [0, 0.05) is 41.5 Å². The Morgan fingerprint density at radius 1 is 1.28 bits per heavy atom. The van der Waals surface area contributed by atoms with Gasteiger partial charge in [0.2, 0.25) is 0 Å². The molecule has 0 aromatic carbocycles. The number of hydrogen-bond acceptors (Lipinski definition) is 10. The van der Waals surface area contributed by atoms with Crippen LogP contribution in [0.2, 0.25) is 0 Å². The maximum atomic E-state index is 13.4. The number of ether oxygens (including phenoxy) is 2. The SMILES string of the molecule is C=C[C@]1(C)C[C@@H](OC(=O)NC(=O)OCc2ncc(CN)c(N)n2)[C@@]2(C)C(C)CC[C@]3(CCC(=O)[C@H]32)[C@@H](C)[C@@H]1O. The van der Waals surface area contributed by atoms with Crippen molar-refractivity contribution in [1.29, 1.82) is 0 Å². The third-order valence-electron chi connectivity index (χ3n) is 10.3. The molecule has 3 saturated carbocycles. The predicted molar refractivity (Wildman–Crippen MR) is 143 cm³/mol. The molecular formula is C28H41N5O6.